The fourth-order valence-corrected chi connectivity index (χ4v) is 3.19. The largest absolute Gasteiger partial charge is 0.272 e. The van der Waals surface area contributed by atoms with Crippen LogP contribution in [-0.2, 0) is 19.4 Å². The summed E-state index contributed by atoms with van der Waals surface area (Å²) in [6.07, 6.45) is 6.54. The van der Waals surface area contributed by atoms with Crippen LogP contribution in [0.4, 0.5) is 0 Å². The van der Waals surface area contributed by atoms with Gasteiger partial charge in [-0.3, -0.25) is 4.68 Å². The summed E-state index contributed by atoms with van der Waals surface area (Å²) in [5, 5.41) is 4.67. The number of hydrogen-bond acceptors (Lipinski definition) is 3. The second-order valence-electron chi connectivity index (χ2n) is 5.95. The normalized spacial score (nSPS) is 13.8. The van der Waals surface area contributed by atoms with Gasteiger partial charge < -0.3 is 0 Å². The van der Waals surface area contributed by atoms with Crippen LogP contribution in [0.2, 0.25) is 0 Å². The third-order valence-electron chi connectivity index (χ3n) is 4.42. The van der Waals surface area contributed by atoms with E-state index in [-0.39, 0.29) is 0 Å². The standard InChI is InChI=1S/C19H20N4/c1-2-23-13-12-17(22-23)18-15-10-6-7-11-16(15)20-19(21-18)14-8-4-3-5-9-14/h3-5,8-9,12-13H,2,6-7,10-11H2,1H3. The molecule has 0 N–H and O–H groups in total. The van der Waals surface area contributed by atoms with Gasteiger partial charge in [-0.2, -0.15) is 5.10 Å². The Hall–Kier alpha value is -2.49. The molecular weight excluding hydrogens is 284 g/mol. The summed E-state index contributed by atoms with van der Waals surface area (Å²) >= 11 is 0. The highest BCUT2D eigenvalue weighted by Crippen LogP contribution is 2.30. The molecule has 0 saturated carbocycles. The van der Waals surface area contributed by atoms with Crippen molar-refractivity contribution in [2.24, 2.45) is 0 Å². The van der Waals surface area contributed by atoms with Gasteiger partial charge >= 0.3 is 0 Å². The zero-order valence-electron chi connectivity index (χ0n) is 13.4. The summed E-state index contributed by atoms with van der Waals surface area (Å²) in [5.74, 6) is 0.812. The van der Waals surface area contributed by atoms with E-state index in [0.29, 0.717) is 0 Å². The Morgan fingerprint density at radius 2 is 1.83 bits per heavy atom. The van der Waals surface area contributed by atoms with Crippen LogP contribution in [0.3, 0.4) is 0 Å². The minimum absolute atomic E-state index is 0.812. The van der Waals surface area contributed by atoms with Crippen molar-refractivity contribution in [3.8, 4) is 22.8 Å². The summed E-state index contributed by atoms with van der Waals surface area (Å²) < 4.78 is 1.95. The number of rotatable bonds is 3. The summed E-state index contributed by atoms with van der Waals surface area (Å²) in [5.41, 5.74) is 5.53. The van der Waals surface area contributed by atoms with Crippen LogP contribution in [0, 0.1) is 0 Å². The van der Waals surface area contributed by atoms with Gasteiger partial charge in [-0.25, -0.2) is 9.97 Å². The first-order valence-electron chi connectivity index (χ1n) is 8.34. The summed E-state index contributed by atoms with van der Waals surface area (Å²) in [4.78, 5) is 9.74. The smallest absolute Gasteiger partial charge is 0.160 e. The molecule has 4 nitrogen and oxygen atoms in total. The summed E-state index contributed by atoms with van der Waals surface area (Å²) in [6, 6.07) is 12.3. The molecule has 0 radical (unpaired) electrons. The zero-order valence-corrected chi connectivity index (χ0v) is 13.4. The van der Waals surface area contributed by atoms with Crippen LogP contribution < -0.4 is 0 Å². The minimum atomic E-state index is 0.812. The van der Waals surface area contributed by atoms with Crippen LogP contribution >= 0.6 is 0 Å². The minimum Gasteiger partial charge on any atom is -0.272 e. The lowest BCUT2D eigenvalue weighted by Crippen LogP contribution is -2.11. The number of hydrogen-bond donors (Lipinski definition) is 0. The average molecular weight is 304 g/mol. The van der Waals surface area contributed by atoms with Gasteiger partial charge in [0.15, 0.2) is 5.82 Å². The Kier molecular flexibility index (Phi) is 3.66. The second-order valence-corrected chi connectivity index (χ2v) is 5.95. The highest BCUT2D eigenvalue weighted by molar-refractivity contribution is 5.65. The first-order valence-corrected chi connectivity index (χ1v) is 8.34. The molecule has 0 bridgehead atoms. The van der Waals surface area contributed by atoms with Crippen LogP contribution in [0.15, 0.2) is 42.6 Å². The molecular formula is C19H20N4. The SMILES string of the molecule is CCn1ccc(-c2nc(-c3ccccc3)nc3c2CCCC3)n1. The fraction of sp³-hybridized carbons (Fsp3) is 0.316. The van der Waals surface area contributed by atoms with Gasteiger partial charge in [0, 0.05) is 29.6 Å². The van der Waals surface area contributed by atoms with Crippen molar-refractivity contribution in [1.82, 2.24) is 19.7 Å². The highest BCUT2D eigenvalue weighted by Gasteiger charge is 2.20. The van der Waals surface area contributed by atoms with Gasteiger partial charge in [0.05, 0.1) is 5.69 Å². The van der Waals surface area contributed by atoms with E-state index in [1.54, 1.807) is 0 Å². The Labute approximate surface area is 136 Å². The maximum atomic E-state index is 4.89. The Morgan fingerprint density at radius 1 is 1.00 bits per heavy atom. The summed E-state index contributed by atoms with van der Waals surface area (Å²) in [7, 11) is 0. The quantitative estimate of drug-likeness (QED) is 0.737. The molecule has 4 heteroatoms. The lowest BCUT2D eigenvalue weighted by atomic mass is 9.93. The van der Waals surface area contributed by atoms with E-state index in [4.69, 9.17) is 9.97 Å². The van der Waals surface area contributed by atoms with Crippen molar-refractivity contribution in [2.75, 3.05) is 0 Å². The molecule has 23 heavy (non-hydrogen) atoms. The van der Waals surface area contributed by atoms with E-state index < -0.39 is 0 Å². The van der Waals surface area contributed by atoms with Gasteiger partial charge in [0.2, 0.25) is 0 Å². The average Bonchev–Trinajstić information content (AvgIpc) is 3.10. The van der Waals surface area contributed by atoms with E-state index in [2.05, 4.69) is 30.2 Å². The number of nitrogens with zero attached hydrogens (tertiary/aromatic N) is 4. The third-order valence-corrected chi connectivity index (χ3v) is 4.42. The van der Waals surface area contributed by atoms with E-state index in [1.807, 2.05) is 29.1 Å². The van der Waals surface area contributed by atoms with Gasteiger partial charge in [-0.1, -0.05) is 30.3 Å². The predicted molar refractivity (Wildman–Crippen MR) is 91.0 cm³/mol. The second kappa shape index (κ2) is 5.95. The molecule has 2 aromatic heterocycles. The van der Waals surface area contributed by atoms with E-state index in [0.717, 1.165) is 42.2 Å². The molecule has 0 spiro atoms. The lowest BCUT2D eigenvalue weighted by Gasteiger charge is -2.18. The van der Waals surface area contributed by atoms with Gasteiger partial charge in [0.25, 0.3) is 0 Å². The van der Waals surface area contributed by atoms with Crippen molar-refractivity contribution in [1.29, 1.82) is 0 Å². The molecule has 0 aliphatic heterocycles. The molecule has 3 aromatic rings. The van der Waals surface area contributed by atoms with E-state index in [9.17, 15) is 0 Å². The maximum Gasteiger partial charge on any atom is 0.160 e. The molecule has 1 aliphatic carbocycles. The molecule has 0 atom stereocenters. The first kappa shape index (κ1) is 14.1. The number of aryl methyl sites for hydroxylation is 2. The first-order chi connectivity index (χ1) is 11.3. The number of aromatic nitrogens is 4. The highest BCUT2D eigenvalue weighted by atomic mass is 15.3. The maximum absolute atomic E-state index is 4.89. The van der Waals surface area contributed by atoms with Gasteiger partial charge in [0.1, 0.15) is 5.69 Å². The van der Waals surface area contributed by atoms with Crippen molar-refractivity contribution in [2.45, 2.75) is 39.2 Å². The predicted octanol–water partition coefficient (Wildman–Crippen LogP) is 3.91. The molecule has 2 heterocycles. The molecule has 0 unspecified atom stereocenters. The van der Waals surface area contributed by atoms with Crippen LogP contribution in [0.5, 0.6) is 0 Å². The molecule has 0 saturated heterocycles. The molecule has 1 aliphatic rings. The van der Waals surface area contributed by atoms with Gasteiger partial charge in [-0.05, 0) is 38.7 Å². The van der Waals surface area contributed by atoms with Crippen molar-refractivity contribution in [3.63, 3.8) is 0 Å². The van der Waals surface area contributed by atoms with Gasteiger partial charge in [-0.15, -0.1) is 0 Å². The Bertz CT molecular complexity index is 821. The molecule has 0 fully saturated rings. The van der Waals surface area contributed by atoms with E-state index >= 15 is 0 Å². The van der Waals surface area contributed by atoms with Crippen molar-refractivity contribution < 1.29 is 0 Å². The number of benzene rings is 1. The topological polar surface area (TPSA) is 43.6 Å². The number of fused-ring (bicyclic) bond motifs is 1. The summed E-state index contributed by atoms with van der Waals surface area (Å²) in [6.45, 7) is 2.97. The van der Waals surface area contributed by atoms with Crippen LogP contribution in [0.1, 0.15) is 31.0 Å². The third kappa shape index (κ3) is 2.65. The lowest BCUT2D eigenvalue weighted by molar-refractivity contribution is 0.654. The van der Waals surface area contributed by atoms with Crippen LogP contribution in [0.25, 0.3) is 22.8 Å². The van der Waals surface area contributed by atoms with Crippen molar-refractivity contribution >= 4 is 0 Å². The molecule has 1 aromatic carbocycles. The zero-order chi connectivity index (χ0) is 15.6. The van der Waals surface area contributed by atoms with Crippen molar-refractivity contribution in [3.05, 3.63) is 53.9 Å². The van der Waals surface area contributed by atoms with Crippen LogP contribution in [-0.4, -0.2) is 19.7 Å². The Morgan fingerprint density at radius 3 is 2.61 bits per heavy atom. The van der Waals surface area contributed by atoms with E-state index in [1.165, 1.54) is 24.1 Å². The molecule has 116 valence electrons. The fourth-order valence-electron chi connectivity index (χ4n) is 3.19. The Balaban J connectivity index is 1.89. The molecule has 4 rings (SSSR count). The molecule has 0 amide bonds. The monoisotopic (exact) mass is 304 g/mol.